The summed E-state index contributed by atoms with van der Waals surface area (Å²) in [5.74, 6) is 0. The lowest BCUT2D eigenvalue weighted by molar-refractivity contribution is -0.0925. The van der Waals surface area contributed by atoms with Gasteiger partial charge in [-0.05, 0) is 47.4 Å². The van der Waals surface area contributed by atoms with Crippen molar-refractivity contribution in [2.45, 2.75) is 32.4 Å². The van der Waals surface area contributed by atoms with E-state index in [1.807, 2.05) is 53.1 Å². The number of halogens is 3. The van der Waals surface area contributed by atoms with Crippen molar-refractivity contribution in [3.05, 3.63) is 83.8 Å². The third-order valence-electron chi connectivity index (χ3n) is 5.44. The number of nitrogens with one attached hydrogen (secondary N) is 1. The highest BCUT2D eigenvalue weighted by molar-refractivity contribution is 6.21. The zero-order valence-corrected chi connectivity index (χ0v) is 18.0. The first-order valence-corrected chi connectivity index (χ1v) is 10.1. The molecule has 4 rings (SSSR count). The highest BCUT2D eigenvalue weighted by Gasteiger charge is 2.32. The van der Waals surface area contributed by atoms with Crippen molar-refractivity contribution in [3.8, 4) is 5.69 Å². The van der Waals surface area contributed by atoms with Gasteiger partial charge in [0.05, 0.1) is 22.4 Å². The number of nitrogens with zero attached hydrogens (tertiary/aromatic N) is 2. The van der Waals surface area contributed by atoms with Gasteiger partial charge in [0.25, 0.3) is 0 Å². The monoisotopic (exact) mass is 436 g/mol. The van der Waals surface area contributed by atoms with E-state index >= 15 is 0 Å². The van der Waals surface area contributed by atoms with Crippen LogP contribution in [-0.4, -0.2) is 21.4 Å². The molecular formula is C25H23F3N4. The molecule has 4 nitrogen and oxygen atoms in total. The average molecular weight is 436 g/mol. The standard InChI is InChI=1S/C25H23F3N4/c1-24(2,3)15-9-10-19-17(13-15)22-20(32(19)16-7-5-4-6-8-16)11-12-31-23(22)18(29)14-21(30)25(26,27)28/h4-14,29H,30H2,1-3H3. The number of benzene rings is 2. The van der Waals surface area contributed by atoms with Crippen molar-refractivity contribution in [2.75, 3.05) is 0 Å². The molecule has 0 aliphatic heterocycles. The van der Waals surface area contributed by atoms with Gasteiger partial charge < -0.3 is 10.3 Å². The molecular weight excluding hydrogens is 413 g/mol. The average Bonchev–Trinajstić information content (AvgIpc) is 3.06. The molecule has 32 heavy (non-hydrogen) atoms. The normalized spacial score (nSPS) is 13.1. The minimum Gasteiger partial charge on any atom is -0.395 e. The minimum atomic E-state index is -4.71. The van der Waals surface area contributed by atoms with Crippen molar-refractivity contribution in [1.29, 1.82) is 5.41 Å². The number of pyridine rings is 1. The maximum absolute atomic E-state index is 13.0. The third-order valence-corrected chi connectivity index (χ3v) is 5.44. The lowest BCUT2D eigenvalue weighted by Crippen LogP contribution is -2.21. The second kappa shape index (κ2) is 7.51. The van der Waals surface area contributed by atoms with Gasteiger partial charge in [-0.1, -0.05) is 45.0 Å². The van der Waals surface area contributed by atoms with Gasteiger partial charge in [-0.2, -0.15) is 13.2 Å². The first-order valence-electron chi connectivity index (χ1n) is 10.1. The van der Waals surface area contributed by atoms with Crippen LogP contribution in [0.5, 0.6) is 0 Å². The molecule has 2 heterocycles. The Balaban J connectivity index is 2.09. The number of rotatable bonds is 3. The molecule has 0 spiro atoms. The third kappa shape index (κ3) is 3.75. The van der Waals surface area contributed by atoms with Crippen molar-refractivity contribution in [3.63, 3.8) is 0 Å². The number of nitrogens with two attached hydrogens (primary N) is 1. The summed E-state index contributed by atoms with van der Waals surface area (Å²) in [5, 5.41) is 9.80. The fourth-order valence-corrected chi connectivity index (χ4v) is 3.80. The Morgan fingerprint density at radius 3 is 2.31 bits per heavy atom. The van der Waals surface area contributed by atoms with Crippen LogP contribution in [0.15, 0.2) is 72.6 Å². The van der Waals surface area contributed by atoms with Crippen molar-refractivity contribution in [2.24, 2.45) is 5.73 Å². The number of para-hydroxylation sites is 1. The van der Waals surface area contributed by atoms with Crippen molar-refractivity contribution in [1.82, 2.24) is 9.55 Å². The zero-order valence-electron chi connectivity index (χ0n) is 18.0. The molecule has 2 aromatic heterocycles. The molecule has 164 valence electrons. The number of allylic oxidation sites excluding steroid dienone is 2. The Morgan fingerprint density at radius 2 is 1.69 bits per heavy atom. The molecule has 0 aliphatic carbocycles. The predicted molar refractivity (Wildman–Crippen MR) is 122 cm³/mol. The number of hydrogen-bond donors (Lipinski definition) is 2. The van der Waals surface area contributed by atoms with Gasteiger partial charge in [-0.3, -0.25) is 10.4 Å². The molecule has 0 radical (unpaired) electrons. The molecule has 0 unspecified atom stereocenters. The topological polar surface area (TPSA) is 67.7 Å². The summed E-state index contributed by atoms with van der Waals surface area (Å²) in [7, 11) is 0. The van der Waals surface area contributed by atoms with E-state index < -0.39 is 17.6 Å². The van der Waals surface area contributed by atoms with Gasteiger partial charge in [0, 0.05) is 22.7 Å². The molecule has 0 saturated carbocycles. The predicted octanol–water partition coefficient (Wildman–Crippen LogP) is 6.25. The molecule has 7 heteroatoms. The number of fused-ring (bicyclic) bond motifs is 3. The SMILES string of the molecule is CC(C)(C)c1ccc2c(c1)c1c(C(=N)C=C(N)C(F)(F)F)nccc1n2-c1ccccc1. The molecule has 0 aliphatic rings. The van der Waals surface area contributed by atoms with E-state index in [9.17, 15) is 13.2 Å². The molecule has 3 N–H and O–H groups in total. The van der Waals surface area contributed by atoms with E-state index in [-0.39, 0.29) is 11.1 Å². The number of aromatic nitrogens is 2. The van der Waals surface area contributed by atoms with Gasteiger partial charge in [0.15, 0.2) is 0 Å². The Kier molecular flexibility index (Phi) is 5.07. The van der Waals surface area contributed by atoms with Crippen molar-refractivity contribution >= 4 is 27.5 Å². The summed E-state index contributed by atoms with van der Waals surface area (Å²) >= 11 is 0. The maximum Gasteiger partial charge on any atom is 0.430 e. The fraction of sp³-hybridized carbons (Fsp3) is 0.200. The van der Waals surface area contributed by atoms with Gasteiger partial charge in [-0.25, -0.2) is 0 Å². The lowest BCUT2D eigenvalue weighted by Gasteiger charge is -2.19. The molecule has 0 saturated heterocycles. The summed E-state index contributed by atoms with van der Waals surface area (Å²) in [6.45, 7) is 6.29. The van der Waals surface area contributed by atoms with Crippen LogP contribution < -0.4 is 5.73 Å². The van der Waals surface area contributed by atoms with Gasteiger partial charge >= 0.3 is 6.18 Å². The Morgan fingerprint density at radius 1 is 1.00 bits per heavy atom. The van der Waals surface area contributed by atoms with Gasteiger partial charge in [-0.15, -0.1) is 0 Å². The Bertz CT molecular complexity index is 1360. The second-order valence-electron chi connectivity index (χ2n) is 8.72. The second-order valence-corrected chi connectivity index (χ2v) is 8.72. The maximum atomic E-state index is 13.0. The highest BCUT2D eigenvalue weighted by atomic mass is 19.4. The van der Waals surface area contributed by atoms with Crippen LogP contribution >= 0.6 is 0 Å². The quantitative estimate of drug-likeness (QED) is 0.373. The summed E-state index contributed by atoms with van der Waals surface area (Å²) in [6.07, 6.45) is -2.58. The van der Waals surface area contributed by atoms with Gasteiger partial charge in [0.1, 0.15) is 5.70 Å². The van der Waals surface area contributed by atoms with E-state index in [2.05, 4.69) is 31.8 Å². The first-order chi connectivity index (χ1) is 15.0. The van der Waals surface area contributed by atoms with Crippen LogP contribution in [0.4, 0.5) is 13.2 Å². The van der Waals surface area contributed by atoms with E-state index in [1.165, 1.54) is 6.20 Å². The van der Waals surface area contributed by atoms with Crippen LogP contribution in [0.1, 0.15) is 32.0 Å². The summed E-state index contributed by atoms with van der Waals surface area (Å²) in [6, 6.07) is 17.6. The van der Waals surface area contributed by atoms with E-state index in [0.29, 0.717) is 11.5 Å². The zero-order chi connectivity index (χ0) is 23.3. The summed E-state index contributed by atoms with van der Waals surface area (Å²) in [5.41, 5.74) is 7.10. The van der Waals surface area contributed by atoms with Crippen LogP contribution in [0.25, 0.3) is 27.5 Å². The number of hydrogen-bond acceptors (Lipinski definition) is 3. The minimum absolute atomic E-state index is 0.133. The van der Waals surface area contributed by atoms with Crippen LogP contribution in [0.2, 0.25) is 0 Å². The van der Waals surface area contributed by atoms with Crippen LogP contribution in [0.3, 0.4) is 0 Å². The molecule has 4 aromatic rings. The summed E-state index contributed by atoms with van der Waals surface area (Å²) in [4.78, 5) is 4.29. The fourth-order valence-electron chi connectivity index (χ4n) is 3.80. The van der Waals surface area contributed by atoms with Crippen molar-refractivity contribution < 1.29 is 13.2 Å². The molecule has 0 atom stereocenters. The smallest absolute Gasteiger partial charge is 0.395 e. The first kappa shape index (κ1) is 21.6. The highest BCUT2D eigenvalue weighted by Crippen LogP contribution is 2.36. The molecule has 2 aromatic carbocycles. The van der Waals surface area contributed by atoms with Crippen LogP contribution in [0, 0.1) is 5.41 Å². The van der Waals surface area contributed by atoms with Crippen LogP contribution in [-0.2, 0) is 5.41 Å². The Hall–Kier alpha value is -3.61. The molecule has 0 amide bonds. The Labute approximate surface area is 183 Å². The van der Waals surface area contributed by atoms with E-state index in [4.69, 9.17) is 11.1 Å². The molecule has 0 fully saturated rings. The lowest BCUT2D eigenvalue weighted by atomic mass is 9.86. The largest absolute Gasteiger partial charge is 0.430 e. The van der Waals surface area contributed by atoms with E-state index in [1.54, 1.807) is 0 Å². The van der Waals surface area contributed by atoms with Gasteiger partial charge in [0.2, 0.25) is 0 Å². The summed E-state index contributed by atoms with van der Waals surface area (Å²) < 4.78 is 41.0. The number of alkyl halides is 3. The molecule has 0 bridgehead atoms. The van der Waals surface area contributed by atoms with E-state index in [0.717, 1.165) is 27.7 Å².